The van der Waals surface area contributed by atoms with Crippen molar-refractivity contribution in [1.82, 2.24) is 0 Å². The predicted molar refractivity (Wildman–Crippen MR) is 84.7 cm³/mol. The van der Waals surface area contributed by atoms with Gasteiger partial charge in [-0.2, -0.15) is 0 Å². The lowest BCUT2D eigenvalue weighted by Gasteiger charge is -2.17. The number of hydrogen-bond acceptors (Lipinski definition) is 3. The summed E-state index contributed by atoms with van der Waals surface area (Å²) in [5.41, 5.74) is 2.34. The van der Waals surface area contributed by atoms with E-state index in [1.165, 1.54) is 10.4 Å². The monoisotopic (exact) mass is 357 g/mol. The van der Waals surface area contributed by atoms with Gasteiger partial charge in [-0.25, -0.2) is 0 Å². The molecule has 2 aromatic rings. The zero-order valence-electron chi connectivity index (χ0n) is 10.4. The van der Waals surface area contributed by atoms with Crippen LogP contribution < -0.4 is 10.1 Å². The first kappa shape index (κ1) is 13.3. The SMILES string of the molecule is COc1ccc(Br)cc1NC1CCc2sc(Cl)cc21. The summed E-state index contributed by atoms with van der Waals surface area (Å²) in [6, 6.07) is 8.39. The highest BCUT2D eigenvalue weighted by Crippen LogP contribution is 2.42. The van der Waals surface area contributed by atoms with Crippen LogP contribution in [0.15, 0.2) is 28.7 Å². The maximum absolute atomic E-state index is 6.09. The van der Waals surface area contributed by atoms with Gasteiger partial charge < -0.3 is 10.1 Å². The predicted octanol–water partition coefficient (Wildman–Crippen LogP) is 5.27. The van der Waals surface area contributed by atoms with Gasteiger partial charge in [0, 0.05) is 9.35 Å². The Balaban J connectivity index is 1.88. The third-order valence-electron chi connectivity index (χ3n) is 3.34. The molecule has 0 radical (unpaired) electrons. The highest BCUT2D eigenvalue weighted by molar-refractivity contribution is 9.10. The molecule has 0 saturated carbocycles. The van der Waals surface area contributed by atoms with Gasteiger partial charge in [0.25, 0.3) is 0 Å². The number of anilines is 1. The second kappa shape index (κ2) is 5.35. The zero-order chi connectivity index (χ0) is 13.4. The van der Waals surface area contributed by atoms with E-state index < -0.39 is 0 Å². The number of nitrogens with one attached hydrogen (secondary N) is 1. The zero-order valence-corrected chi connectivity index (χ0v) is 13.5. The molecule has 0 saturated heterocycles. The van der Waals surface area contributed by atoms with Crippen LogP contribution in [0.5, 0.6) is 5.75 Å². The van der Waals surface area contributed by atoms with Crippen LogP contribution in [0.3, 0.4) is 0 Å². The van der Waals surface area contributed by atoms with E-state index in [4.69, 9.17) is 16.3 Å². The maximum atomic E-state index is 6.09. The first-order chi connectivity index (χ1) is 9.17. The minimum Gasteiger partial charge on any atom is -0.495 e. The number of ether oxygens (including phenoxy) is 1. The van der Waals surface area contributed by atoms with Crippen molar-refractivity contribution in [3.05, 3.63) is 43.5 Å². The Hall–Kier alpha value is -0.710. The van der Waals surface area contributed by atoms with Crippen LogP contribution in [0.1, 0.15) is 22.9 Å². The molecular weight excluding hydrogens is 346 g/mol. The van der Waals surface area contributed by atoms with E-state index >= 15 is 0 Å². The van der Waals surface area contributed by atoms with Gasteiger partial charge in [-0.05, 0) is 42.7 Å². The minimum absolute atomic E-state index is 0.321. The first-order valence-corrected chi connectivity index (χ1v) is 8.04. The summed E-state index contributed by atoms with van der Waals surface area (Å²) >= 11 is 11.3. The number of fused-ring (bicyclic) bond motifs is 1. The number of aryl methyl sites for hydroxylation is 1. The number of benzene rings is 1. The quantitative estimate of drug-likeness (QED) is 0.807. The maximum Gasteiger partial charge on any atom is 0.142 e. The molecule has 0 amide bonds. The molecule has 0 aliphatic heterocycles. The lowest BCUT2D eigenvalue weighted by Crippen LogP contribution is -2.07. The lowest BCUT2D eigenvalue weighted by atomic mass is 10.1. The van der Waals surface area contributed by atoms with Crippen molar-refractivity contribution in [3.8, 4) is 5.75 Å². The fraction of sp³-hybridized carbons (Fsp3) is 0.286. The molecule has 0 fully saturated rings. The molecule has 1 N–H and O–H groups in total. The summed E-state index contributed by atoms with van der Waals surface area (Å²) in [6.45, 7) is 0. The molecule has 1 unspecified atom stereocenters. The first-order valence-electron chi connectivity index (χ1n) is 6.05. The molecule has 3 rings (SSSR count). The van der Waals surface area contributed by atoms with Crippen LogP contribution in [0.4, 0.5) is 5.69 Å². The van der Waals surface area contributed by atoms with Crippen molar-refractivity contribution in [2.75, 3.05) is 12.4 Å². The summed E-state index contributed by atoms with van der Waals surface area (Å²) in [6.07, 6.45) is 2.20. The molecule has 5 heteroatoms. The fourth-order valence-corrected chi connectivity index (χ4v) is 4.18. The number of methoxy groups -OCH3 is 1. The molecule has 1 aromatic carbocycles. The Bertz CT molecular complexity index is 613. The molecule has 1 aliphatic rings. The van der Waals surface area contributed by atoms with Crippen molar-refractivity contribution in [1.29, 1.82) is 0 Å². The van der Waals surface area contributed by atoms with Crippen molar-refractivity contribution in [3.63, 3.8) is 0 Å². The Morgan fingerprint density at radius 1 is 1.42 bits per heavy atom. The van der Waals surface area contributed by atoms with Gasteiger partial charge in [0.2, 0.25) is 0 Å². The van der Waals surface area contributed by atoms with Gasteiger partial charge in [-0.15, -0.1) is 11.3 Å². The van der Waals surface area contributed by atoms with Crippen molar-refractivity contribution < 1.29 is 4.74 Å². The van der Waals surface area contributed by atoms with E-state index in [2.05, 4.69) is 27.3 Å². The Labute approximate surface area is 129 Å². The van der Waals surface area contributed by atoms with Gasteiger partial charge >= 0.3 is 0 Å². The van der Waals surface area contributed by atoms with Crippen LogP contribution in [0.2, 0.25) is 4.34 Å². The third-order valence-corrected chi connectivity index (χ3v) is 5.17. The molecule has 0 spiro atoms. The van der Waals surface area contributed by atoms with Gasteiger partial charge in [0.1, 0.15) is 5.75 Å². The van der Waals surface area contributed by atoms with Crippen LogP contribution in [-0.2, 0) is 6.42 Å². The molecule has 1 aromatic heterocycles. The average molecular weight is 359 g/mol. The number of hydrogen-bond donors (Lipinski definition) is 1. The number of halogens is 2. The van der Waals surface area contributed by atoms with Gasteiger partial charge in [0.05, 0.1) is 23.2 Å². The molecule has 100 valence electrons. The summed E-state index contributed by atoms with van der Waals surface area (Å²) < 4.78 is 7.31. The van der Waals surface area contributed by atoms with Crippen LogP contribution in [0.25, 0.3) is 0 Å². The molecule has 19 heavy (non-hydrogen) atoms. The van der Waals surface area contributed by atoms with E-state index in [1.807, 2.05) is 18.2 Å². The second-order valence-corrected chi connectivity index (χ2v) is 7.19. The molecular formula is C14H13BrClNOS. The van der Waals surface area contributed by atoms with Gasteiger partial charge in [-0.3, -0.25) is 0 Å². The highest BCUT2D eigenvalue weighted by atomic mass is 79.9. The standard InChI is InChI=1S/C14H13BrClNOS/c1-18-12-4-2-8(15)6-11(12)17-10-3-5-13-9(10)7-14(16)19-13/h2,4,6-7,10,17H,3,5H2,1H3. The van der Waals surface area contributed by atoms with Crippen molar-refractivity contribution in [2.24, 2.45) is 0 Å². The third kappa shape index (κ3) is 2.62. The molecule has 0 bridgehead atoms. The molecule has 2 nitrogen and oxygen atoms in total. The van der Waals surface area contributed by atoms with Crippen LogP contribution >= 0.6 is 38.9 Å². The largest absolute Gasteiger partial charge is 0.495 e. The van der Waals surface area contributed by atoms with Gasteiger partial charge in [0.15, 0.2) is 0 Å². The average Bonchev–Trinajstić information content (AvgIpc) is 2.91. The van der Waals surface area contributed by atoms with Crippen molar-refractivity contribution in [2.45, 2.75) is 18.9 Å². The highest BCUT2D eigenvalue weighted by Gasteiger charge is 2.25. The fourth-order valence-electron chi connectivity index (χ4n) is 2.46. The topological polar surface area (TPSA) is 21.3 Å². The van der Waals surface area contributed by atoms with E-state index in [0.717, 1.165) is 33.1 Å². The summed E-state index contributed by atoms with van der Waals surface area (Å²) in [4.78, 5) is 1.40. The van der Waals surface area contributed by atoms with E-state index in [9.17, 15) is 0 Å². The van der Waals surface area contributed by atoms with E-state index in [0.29, 0.717) is 6.04 Å². The lowest BCUT2D eigenvalue weighted by molar-refractivity contribution is 0.416. The number of rotatable bonds is 3. The summed E-state index contributed by atoms with van der Waals surface area (Å²) in [7, 11) is 1.69. The summed E-state index contributed by atoms with van der Waals surface area (Å²) in [5.74, 6) is 0.859. The Kier molecular flexibility index (Phi) is 3.74. The second-order valence-electron chi connectivity index (χ2n) is 4.51. The molecule has 1 heterocycles. The Morgan fingerprint density at radius 2 is 2.26 bits per heavy atom. The van der Waals surface area contributed by atoms with E-state index in [-0.39, 0.29) is 0 Å². The normalized spacial score (nSPS) is 17.3. The smallest absolute Gasteiger partial charge is 0.142 e. The van der Waals surface area contributed by atoms with Crippen LogP contribution in [0, 0.1) is 0 Å². The van der Waals surface area contributed by atoms with E-state index in [1.54, 1.807) is 18.4 Å². The molecule has 1 atom stereocenters. The van der Waals surface area contributed by atoms with Crippen LogP contribution in [-0.4, -0.2) is 7.11 Å². The minimum atomic E-state index is 0.321. The Morgan fingerprint density at radius 3 is 3.05 bits per heavy atom. The number of thiophene rings is 1. The molecule has 1 aliphatic carbocycles. The van der Waals surface area contributed by atoms with Gasteiger partial charge in [-0.1, -0.05) is 27.5 Å². The summed E-state index contributed by atoms with van der Waals surface area (Å²) in [5, 5.41) is 3.56. The van der Waals surface area contributed by atoms with Crippen molar-refractivity contribution >= 4 is 44.6 Å².